The minimum atomic E-state index is 0.347. The molecule has 0 saturated heterocycles. The van der Waals surface area contributed by atoms with Crippen molar-refractivity contribution in [3.05, 3.63) is 60.5 Å². The fraction of sp³-hybridized carbons (Fsp3) is 0.444. The molecule has 1 aliphatic heterocycles. The van der Waals surface area contributed by atoms with Crippen LogP contribution in [-0.2, 0) is 0 Å². The van der Waals surface area contributed by atoms with Crippen LogP contribution in [0.3, 0.4) is 0 Å². The summed E-state index contributed by atoms with van der Waals surface area (Å²) >= 11 is 0. The van der Waals surface area contributed by atoms with Gasteiger partial charge in [0.1, 0.15) is 0 Å². The van der Waals surface area contributed by atoms with Crippen LogP contribution in [0.4, 0.5) is 0 Å². The Morgan fingerprint density at radius 3 is 2.75 bits per heavy atom. The summed E-state index contributed by atoms with van der Waals surface area (Å²) in [6, 6.07) is 0.347. The average molecular weight is 272 g/mol. The van der Waals surface area contributed by atoms with Gasteiger partial charge in [-0.2, -0.15) is 0 Å². The highest BCUT2D eigenvalue weighted by Crippen LogP contribution is 2.24. The molecule has 2 nitrogen and oxygen atoms in total. The molecule has 0 aromatic rings. The summed E-state index contributed by atoms with van der Waals surface area (Å²) in [5, 5.41) is 6.68. The molecule has 0 aromatic heterocycles. The minimum Gasteiger partial charge on any atom is -0.388 e. The molecule has 0 aliphatic carbocycles. The zero-order chi connectivity index (χ0) is 15.0. The molecule has 110 valence electrons. The highest BCUT2D eigenvalue weighted by atomic mass is 14.9. The van der Waals surface area contributed by atoms with E-state index < -0.39 is 0 Å². The Kier molecular flexibility index (Phi) is 6.92. The fourth-order valence-electron chi connectivity index (χ4n) is 2.35. The molecule has 0 saturated carbocycles. The van der Waals surface area contributed by atoms with E-state index in [0.29, 0.717) is 17.9 Å². The van der Waals surface area contributed by atoms with E-state index in [9.17, 15) is 0 Å². The second kappa shape index (κ2) is 8.47. The van der Waals surface area contributed by atoms with Crippen LogP contribution >= 0.6 is 0 Å². The van der Waals surface area contributed by atoms with Crippen LogP contribution in [0.25, 0.3) is 0 Å². The number of nitrogens with one attached hydrogen (secondary N) is 2. The Balaban J connectivity index is 2.84. The van der Waals surface area contributed by atoms with E-state index >= 15 is 0 Å². The van der Waals surface area contributed by atoms with Gasteiger partial charge in [0, 0.05) is 24.9 Å². The van der Waals surface area contributed by atoms with Gasteiger partial charge in [-0.05, 0) is 24.5 Å². The van der Waals surface area contributed by atoms with Crippen molar-refractivity contribution in [1.82, 2.24) is 10.6 Å². The van der Waals surface area contributed by atoms with Gasteiger partial charge in [0.25, 0.3) is 0 Å². The standard InChI is InChI=1S/C18H28N2/c1-6-14(4)17(11-10-16(8-3)19-5)18-12-9-15(7-2)13-20-18/h7-14,17-20H,2,6H2,1,3-5H3/b11-10-,16-8+. The molecule has 1 heterocycles. The lowest BCUT2D eigenvalue weighted by Gasteiger charge is -2.29. The van der Waals surface area contributed by atoms with Crippen molar-refractivity contribution < 1.29 is 0 Å². The molecule has 3 unspecified atom stereocenters. The molecular weight excluding hydrogens is 244 g/mol. The van der Waals surface area contributed by atoms with Crippen LogP contribution in [0.1, 0.15) is 27.2 Å². The molecule has 1 aliphatic rings. The largest absolute Gasteiger partial charge is 0.388 e. The molecule has 20 heavy (non-hydrogen) atoms. The van der Waals surface area contributed by atoms with Crippen molar-refractivity contribution >= 4 is 0 Å². The third-order valence-electron chi connectivity index (χ3n) is 3.99. The van der Waals surface area contributed by atoms with Crippen LogP contribution in [0.5, 0.6) is 0 Å². The molecule has 0 aromatic carbocycles. The first-order valence-corrected chi connectivity index (χ1v) is 7.45. The highest BCUT2D eigenvalue weighted by Gasteiger charge is 2.22. The molecule has 1 rings (SSSR count). The number of hydrogen-bond acceptors (Lipinski definition) is 2. The first-order valence-electron chi connectivity index (χ1n) is 7.45. The van der Waals surface area contributed by atoms with Gasteiger partial charge in [-0.25, -0.2) is 0 Å². The van der Waals surface area contributed by atoms with Gasteiger partial charge in [0.15, 0.2) is 0 Å². The van der Waals surface area contributed by atoms with Gasteiger partial charge in [-0.15, -0.1) is 0 Å². The zero-order valence-corrected chi connectivity index (χ0v) is 13.2. The predicted octanol–water partition coefficient (Wildman–Crippen LogP) is 3.93. The molecule has 0 spiro atoms. The molecule has 0 amide bonds. The molecular formula is C18H28N2. The monoisotopic (exact) mass is 272 g/mol. The lowest BCUT2D eigenvalue weighted by Crippen LogP contribution is -2.35. The van der Waals surface area contributed by atoms with Crippen LogP contribution < -0.4 is 10.6 Å². The highest BCUT2D eigenvalue weighted by molar-refractivity contribution is 5.33. The summed E-state index contributed by atoms with van der Waals surface area (Å²) in [5.41, 5.74) is 2.29. The van der Waals surface area contributed by atoms with Crippen LogP contribution in [0, 0.1) is 11.8 Å². The van der Waals surface area contributed by atoms with Crippen molar-refractivity contribution in [2.75, 3.05) is 7.05 Å². The summed E-state index contributed by atoms with van der Waals surface area (Å²) in [7, 11) is 1.95. The normalized spacial score (nSPS) is 22.1. The third kappa shape index (κ3) is 4.44. The summed E-state index contributed by atoms with van der Waals surface area (Å²) < 4.78 is 0. The van der Waals surface area contributed by atoms with Crippen LogP contribution in [-0.4, -0.2) is 13.1 Å². The molecule has 0 radical (unpaired) electrons. The van der Waals surface area contributed by atoms with Crippen molar-refractivity contribution in [3.8, 4) is 0 Å². The fourth-order valence-corrected chi connectivity index (χ4v) is 2.35. The van der Waals surface area contributed by atoms with E-state index in [1.807, 2.05) is 20.0 Å². The maximum Gasteiger partial charge on any atom is 0.0507 e. The van der Waals surface area contributed by atoms with E-state index in [2.05, 4.69) is 67.6 Å². The van der Waals surface area contributed by atoms with Gasteiger partial charge in [-0.3, -0.25) is 0 Å². The summed E-state index contributed by atoms with van der Waals surface area (Å²) in [5.74, 6) is 1.10. The molecule has 2 N–H and O–H groups in total. The first-order chi connectivity index (χ1) is 9.65. The topological polar surface area (TPSA) is 24.1 Å². The van der Waals surface area contributed by atoms with Crippen molar-refractivity contribution in [2.45, 2.75) is 33.2 Å². The number of dihydropyridines is 1. The average Bonchev–Trinajstić information content (AvgIpc) is 2.51. The van der Waals surface area contributed by atoms with Gasteiger partial charge in [0.2, 0.25) is 0 Å². The number of allylic oxidation sites excluding steroid dienone is 5. The Labute approximate surface area is 124 Å². The Morgan fingerprint density at radius 1 is 1.55 bits per heavy atom. The minimum absolute atomic E-state index is 0.347. The van der Waals surface area contributed by atoms with E-state index in [1.165, 1.54) is 6.42 Å². The van der Waals surface area contributed by atoms with Gasteiger partial charge in [0.05, 0.1) is 6.04 Å². The Hall–Kier alpha value is -1.70. The Bertz CT molecular complexity index is 427. The second-order valence-electron chi connectivity index (χ2n) is 5.22. The van der Waals surface area contributed by atoms with E-state index in [4.69, 9.17) is 0 Å². The van der Waals surface area contributed by atoms with Gasteiger partial charge in [-0.1, -0.05) is 57.2 Å². The summed E-state index contributed by atoms with van der Waals surface area (Å²) in [6.07, 6.45) is 16.1. The smallest absolute Gasteiger partial charge is 0.0507 e. The predicted molar refractivity (Wildman–Crippen MR) is 89.2 cm³/mol. The zero-order valence-electron chi connectivity index (χ0n) is 13.2. The second-order valence-corrected chi connectivity index (χ2v) is 5.22. The van der Waals surface area contributed by atoms with Gasteiger partial charge < -0.3 is 10.6 Å². The molecule has 0 bridgehead atoms. The van der Waals surface area contributed by atoms with Crippen molar-refractivity contribution in [3.63, 3.8) is 0 Å². The maximum atomic E-state index is 3.80. The number of likely N-dealkylation sites (N-methyl/N-ethyl adjacent to an activating group) is 1. The van der Waals surface area contributed by atoms with E-state index in [-0.39, 0.29) is 0 Å². The maximum absolute atomic E-state index is 3.80. The molecule has 2 heteroatoms. The SMILES string of the molecule is C=CC1=CNC(C(/C=C\C(=C/C)NC)C(C)CC)C=C1. The van der Waals surface area contributed by atoms with E-state index in [1.54, 1.807) is 0 Å². The molecule has 0 fully saturated rings. The summed E-state index contributed by atoms with van der Waals surface area (Å²) in [4.78, 5) is 0. The number of hydrogen-bond donors (Lipinski definition) is 2. The lowest BCUT2D eigenvalue weighted by molar-refractivity contribution is 0.362. The van der Waals surface area contributed by atoms with Crippen molar-refractivity contribution in [1.29, 1.82) is 0 Å². The van der Waals surface area contributed by atoms with E-state index in [0.717, 1.165) is 11.3 Å². The summed E-state index contributed by atoms with van der Waals surface area (Å²) in [6.45, 7) is 10.4. The lowest BCUT2D eigenvalue weighted by atomic mass is 9.84. The molecule has 3 atom stereocenters. The quantitative estimate of drug-likeness (QED) is 0.686. The first kappa shape index (κ1) is 16.4. The van der Waals surface area contributed by atoms with Crippen LogP contribution in [0.15, 0.2) is 60.5 Å². The number of rotatable bonds is 7. The Morgan fingerprint density at radius 2 is 2.30 bits per heavy atom. The van der Waals surface area contributed by atoms with Crippen LogP contribution in [0.2, 0.25) is 0 Å². The van der Waals surface area contributed by atoms with Gasteiger partial charge >= 0.3 is 0 Å². The third-order valence-corrected chi connectivity index (χ3v) is 3.99. The van der Waals surface area contributed by atoms with Crippen molar-refractivity contribution in [2.24, 2.45) is 11.8 Å².